The van der Waals surface area contributed by atoms with Crippen LogP contribution in [0.3, 0.4) is 0 Å². The third kappa shape index (κ3) is 6.11. The van der Waals surface area contributed by atoms with Crippen molar-refractivity contribution in [2.45, 2.75) is 50.7 Å². The van der Waals surface area contributed by atoms with Gasteiger partial charge in [0.05, 0.1) is 23.7 Å². The summed E-state index contributed by atoms with van der Waals surface area (Å²) in [5.74, 6) is -2.91. The smallest absolute Gasteiger partial charge is 0.223 e. The van der Waals surface area contributed by atoms with Gasteiger partial charge in [-0.2, -0.15) is 0 Å². The molecule has 4 rings (SSSR count). The molecule has 178 valence electrons. The zero-order valence-corrected chi connectivity index (χ0v) is 18.0. The van der Waals surface area contributed by atoms with E-state index < -0.39 is 23.1 Å². The number of ether oxygens (including phenoxy) is 1. The lowest BCUT2D eigenvalue weighted by molar-refractivity contribution is 0.126. The highest BCUT2D eigenvalue weighted by atomic mass is 19.1. The molecule has 0 bridgehead atoms. The van der Waals surface area contributed by atoms with E-state index in [2.05, 4.69) is 25.6 Å². The number of rotatable bonds is 6. The first-order valence-electron chi connectivity index (χ1n) is 11.0. The van der Waals surface area contributed by atoms with Crippen molar-refractivity contribution in [1.29, 1.82) is 0 Å². The number of aliphatic hydroxyl groups excluding tert-OH is 1. The number of hydrogen-bond donors (Lipinski definition) is 4. The summed E-state index contributed by atoms with van der Waals surface area (Å²) in [4.78, 5) is 12.7. The molecule has 0 unspecified atom stereocenters. The van der Waals surface area contributed by atoms with Crippen molar-refractivity contribution in [1.82, 2.24) is 9.97 Å². The second-order valence-electron chi connectivity index (χ2n) is 8.48. The highest BCUT2D eigenvalue weighted by Gasteiger charge is 2.22. The molecule has 1 aromatic carbocycles. The standard InChI is InChI=1S/C22H27F3N6O2/c23-13-8-16(24)20(17(25)9-13)31-21(26)29-19-10-27-22(28-14-1-3-15(32)4-2-14)30-18(19)7-12-5-6-33-11-12/h8-10,12,14-15,32H,1-7,11H2,(H3,26,29,31)(H,27,28,30)/t12-,14?,15?/m0/s1. The summed E-state index contributed by atoms with van der Waals surface area (Å²) in [5.41, 5.74) is 6.31. The topological polar surface area (TPSA) is 118 Å². The Morgan fingerprint density at radius 2 is 1.88 bits per heavy atom. The van der Waals surface area contributed by atoms with Crippen molar-refractivity contribution in [2.24, 2.45) is 16.6 Å². The zero-order chi connectivity index (χ0) is 23.4. The number of aromatic nitrogens is 2. The number of nitrogens with zero attached hydrogens (tertiary/aromatic N) is 3. The molecule has 11 heteroatoms. The number of nitrogens with two attached hydrogens (primary N) is 1. The number of aliphatic imine (C=N–C) groups is 1. The number of halogens is 3. The molecular formula is C22H27F3N6O2. The van der Waals surface area contributed by atoms with E-state index >= 15 is 0 Å². The van der Waals surface area contributed by atoms with Gasteiger partial charge in [0, 0.05) is 31.4 Å². The Morgan fingerprint density at radius 1 is 1.15 bits per heavy atom. The highest BCUT2D eigenvalue weighted by molar-refractivity contribution is 5.94. The maximum absolute atomic E-state index is 13.9. The third-order valence-corrected chi connectivity index (χ3v) is 5.88. The lowest BCUT2D eigenvalue weighted by Gasteiger charge is -2.26. The molecule has 2 aliphatic rings. The quantitative estimate of drug-likeness (QED) is 0.383. The number of hydrogen-bond acceptors (Lipinski definition) is 6. The van der Waals surface area contributed by atoms with Crippen LogP contribution in [0.25, 0.3) is 0 Å². The monoisotopic (exact) mass is 464 g/mol. The summed E-state index contributed by atoms with van der Waals surface area (Å²) >= 11 is 0. The van der Waals surface area contributed by atoms with E-state index in [9.17, 15) is 18.3 Å². The van der Waals surface area contributed by atoms with Crippen LogP contribution in [0.5, 0.6) is 0 Å². The van der Waals surface area contributed by atoms with E-state index in [4.69, 9.17) is 10.5 Å². The lowest BCUT2D eigenvalue weighted by atomic mass is 9.93. The van der Waals surface area contributed by atoms with Crippen LogP contribution in [-0.4, -0.2) is 46.4 Å². The molecule has 0 spiro atoms. The number of benzene rings is 1. The summed E-state index contributed by atoms with van der Waals surface area (Å²) in [5, 5.41) is 15.8. The van der Waals surface area contributed by atoms with Crippen LogP contribution in [0.4, 0.5) is 30.5 Å². The maximum atomic E-state index is 13.9. The summed E-state index contributed by atoms with van der Waals surface area (Å²) in [6.07, 6.45) is 5.87. The SMILES string of the molecule is NC(=Nc1c(F)cc(F)cc1F)Nc1cnc(NC2CCC(O)CC2)nc1C[C@@H]1CCOC1. The second-order valence-corrected chi connectivity index (χ2v) is 8.48. The molecular weight excluding hydrogens is 437 g/mol. The number of aliphatic hydroxyl groups is 1. The van der Waals surface area contributed by atoms with Crippen LogP contribution in [0.2, 0.25) is 0 Å². The molecule has 1 saturated carbocycles. The molecule has 0 amide bonds. The first kappa shape index (κ1) is 23.2. The summed E-state index contributed by atoms with van der Waals surface area (Å²) < 4.78 is 46.5. The highest BCUT2D eigenvalue weighted by Crippen LogP contribution is 2.26. The van der Waals surface area contributed by atoms with E-state index in [1.54, 1.807) is 0 Å². The minimum absolute atomic E-state index is 0.172. The van der Waals surface area contributed by atoms with Crippen molar-refractivity contribution in [3.8, 4) is 0 Å². The van der Waals surface area contributed by atoms with E-state index in [-0.39, 0.29) is 24.0 Å². The predicted molar refractivity (Wildman–Crippen MR) is 118 cm³/mol. The van der Waals surface area contributed by atoms with Gasteiger partial charge < -0.3 is 26.2 Å². The molecule has 8 nitrogen and oxygen atoms in total. The van der Waals surface area contributed by atoms with Gasteiger partial charge in [-0.15, -0.1) is 0 Å². The lowest BCUT2D eigenvalue weighted by Crippen LogP contribution is -2.29. The Balaban J connectivity index is 1.54. The number of guanidine groups is 1. The van der Waals surface area contributed by atoms with Gasteiger partial charge >= 0.3 is 0 Å². The predicted octanol–water partition coefficient (Wildman–Crippen LogP) is 3.25. The van der Waals surface area contributed by atoms with Crippen molar-refractivity contribution < 1.29 is 23.0 Å². The molecule has 2 aromatic rings. The van der Waals surface area contributed by atoms with Gasteiger partial charge in [-0.3, -0.25) is 0 Å². The van der Waals surface area contributed by atoms with E-state index in [0.717, 1.165) is 32.1 Å². The summed E-state index contributed by atoms with van der Waals surface area (Å²) in [6.45, 7) is 1.29. The van der Waals surface area contributed by atoms with Gasteiger partial charge in [-0.1, -0.05) is 0 Å². The Labute approximate surface area is 189 Å². The first-order chi connectivity index (χ1) is 15.9. The van der Waals surface area contributed by atoms with Crippen LogP contribution >= 0.6 is 0 Å². The van der Waals surface area contributed by atoms with Crippen LogP contribution in [0.1, 0.15) is 37.8 Å². The van der Waals surface area contributed by atoms with E-state index in [1.807, 2.05) is 0 Å². The van der Waals surface area contributed by atoms with Gasteiger partial charge in [0.1, 0.15) is 11.5 Å². The second kappa shape index (κ2) is 10.3. The number of anilines is 2. The van der Waals surface area contributed by atoms with Crippen LogP contribution in [-0.2, 0) is 11.2 Å². The van der Waals surface area contributed by atoms with Gasteiger partial charge in [0.2, 0.25) is 5.95 Å². The normalized spacial score (nSPS) is 23.5. The Hall–Kier alpha value is -2.92. The summed E-state index contributed by atoms with van der Waals surface area (Å²) in [7, 11) is 0. The molecule has 1 atom stereocenters. The van der Waals surface area contributed by atoms with Crippen LogP contribution in [0.15, 0.2) is 23.3 Å². The number of nitrogens with one attached hydrogen (secondary N) is 2. The molecule has 5 N–H and O–H groups in total. The fourth-order valence-electron chi connectivity index (χ4n) is 4.09. The average Bonchev–Trinajstić information content (AvgIpc) is 3.27. The minimum atomic E-state index is -1.16. The van der Waals surface area contributed by atoms with Crippen molar-refractivity contribution in [2.75, 3.05) is 23.8 Å². The van der Waals surface area contributed by atoms with Gasteiger partial charge in [0.15, 0.2) is 17.6 Å². The van der Waals surface area contributed by atoms with Gasteiger partial charge in [-0.05, 0) is 44.4 Å². The third-order valence-electron chi connectivity index (χ3n) is 5.88. The maximum Gasteiger partial charge on any atom is 0.223 e. The van der Waals surface area contributed by atoms with Crippen LogP contribution < -0.4 is 16.4 Å². The first-order valence-corrected chi connectivity index (χ1v) is 11.0. The van der Waals surface area contributed by atoms with Crippen molar-refractivity contribution in [3.63, 3.8) is 0 Å². The molecule has 1 saturated heterocycles. The largest absolute Gasteiger partial charge is 0.393 e. The average molecular weight is 464 g/mol. The Bertz CT molecular complexity index is 985. The molecule has 0 radical (unpaired) electrons. The van der Waals surface area contributed by atoms with Gasteiger partial charge in [-0.25, -0.2) is 28.1 Å². The zero-order valence-electron chi connectivity index (χ0n) is 18.0. The van der Waals surface area contributed by atoms with Crippen molar-refractivity contribution in [3.05, 3.63) is 41.5 Å². The van der Waals surface area contributed by atoms with E-state index in [0.29, 0.717) is 49.1 Å². The Kier molecular flexibility index (Phi) is 7.29. The molecule has 1 aromatic heterocycles. The molecule has 1 aliphatic carbocycles. The fraction of sp³-hybridized carbons (Fsp3) is 0.500. The summed E-state index contributed by atoms with van der Waals surface area (Å²) in [6, 6.07) is 1.24. The minimum Gasteiger partial charge on any atom is -0.393 e. The van der Waals surface area contributed by atoms with Crippen LogP contribution in [0, 0.1) is 23.4 Å². The van der Waals surface area contributed by atoms with E-state index in [1.165, 1.54) is 6.20 Å². The molecule has 2 fully saturated rings. The Morgan fingerprint density at radius 3 is 2.55 bits per heavy atom. The van der Waals surface area contributed by atoms with Gasteiger partial charge in [0.25, 0.3) is 0 Å². The molecule has 2 heterocycles. The fourth-order valence-corrected chi connectivity index (χ4v) is 4.09. The molecule has 1 aliphatic heterocycles. The van der Waals surface area contributed by atoms with Crippen molar-refractivity contribution >= 4 is 23.3 Å². The molecule has 33 heavy (non-hydrogen) atoms.